The monoisotopic (exact) mass is 590 g/mol. The number of hydrogen-bond acceptors (Lipinski definition) is 2. The zero-order valence-corrected chi connectivity index (χ0v) is 26.1. The highest BCUT2D eigenvalue weighted by molar-refractivity contribution is 6.20. The van der Waals surface area contributed by atoms with E-state index < -0.39 is 0 Å². The molecule has 0 aromatic heterocycles. The van der Waals surface area contributed by atoms with Crippen molar-refractivity contribution in [2.75, 3.05) is 4.90 Å². The Morgan fingerprint density at radius 2 is 0.957 bits per heavy atom. The minimum atomic E-state index is -0.187. The fourth-order valence-corrected chi connectivity index (χ4v) is 6.94. The average Bonchev–Trinajstić information content (AvgIpc) is 3.39. The van der Waals surface area contributed by atoms with Gasteiger partial charge in [0, 0.05) is 28.0 Å². The Kier molecular flexibility index (Phi) is 6.84. The van der Waals surface area contributed by atoms with E-state index in [0.29, 0.717) is 0 Å². The molecular weight excluding hydrogens is 556 g/mol. The van der Waals surface area contributed by atoms with E-state index in [2.05, 4.69) is 189 Å². The molecule has 8 rings (SSSR count). The SMILES string of the molecule is CC1(C)C(c2ccc(-c3cc(-c4ccccc4)cc(N(c4ccccc4)c4ccccc4)c3)c3ccccc23)=Nc2ccccc21. The normalized spacial score (nSPS) is 13.3. The van der Waals surface area contributed by atoms with Crippen LogP contribution in [0.5, 0.6) is 0 Å². The molecule has 7 aromatic rings. The predicted molar refractivity (Wildman–Crippen MR) is 195 cm³/mol. The molecule has 0 spiro atoms. The number of fused-ring (bicyclic) bond motifs is 2. The van der Waals surface area contributed by atoms with Crippen molar-refractivity contribution in [3.63, 3.8) is 0 Å². The van der Waals surface area contributed by atoms with E-state index in [1.165, 1.54) is 44.2 Å². The van der Waals surface area contributed by atoms with Crippen LogP contribution < -0.4 is 4.90 Å². The number of para-hydroxylation sites is 3. The van der Waals surface area contributed by atoms with E-state index in [0.717, 1.165) is 28.5 Å². The molecule has 0 saturated heterocycles. The standard InChI is InChI=1S/C44H34N2/c1-44(2)41-24-14-15-25-42(41)45-43(44)40-27-26-37(38-22-12-13-23-39(38)40)33-28-32(31-16-6-3-7-17-31)29-36(30-33)46(34-18-8-4-9-19-34)35-20-10-5-11-21-35/h3-30H,1-2H3. The number of anilines is 3. The third-order valence-electron chi connectivity index (χ3n) is 9.20. The molecule has 0 atom stereocenters. The van der Waals surface area contributed by atoms with Crippen LogP contribution >= 0.6 is 0 Å². The van der Waals surface area contributed by atoms with Crippen molar-refractivity contribution in [1.82, 2.24) is 0 Å². The zero-order chi connectivity index (χ0) is 31.1. The van der Waals surface area contributed by atoms with E-state index in [-0.39, 0.29) is 5.41 Å². The van der Waals surface area contributed by atoms with Gasteiger partial charge in [0.15, 0.2) is 0 Å². The number of hydrogen-bond donors (Lipinski definition) is 0. The molecule has 0 N–H and O–H groups in total. The van der Waals surface area contributed by atoms with E-state index in [1.54, 1.807) is 0 Å². The van der Waals surface area contributed by atoms with Crippen LogP contribution in [-0.2, 0) is 5.41 Å². The molecule has 0 fully saturated rings. The van der Waals surface area contributed by atoms with Crippen LogP contribution in [0.3, 0.4) is 0 Å². The lowest BCUT2D eigenvalue weighted by molar-refractivity contribution is 0.738. The Hall–Kier alpha value is -5.73. The number of benzene rings is 7. The maximum atomic E-state index is 5.20. The topological polar surface area (TPSA) is 15.6 Å². The first-order valence-electron chi connectivity index (χ1n) is 15.9. The van der Waals surface area contributed by atoms with Crippen LogP contribution in [0.2, 0.25) is 0 Å². The smallest absolute Gasteiger partial charge is 0.0675 e. The number of aliphatic imine (C=N–C) groups is 1. The van der Waals surface area contributed by atoms with Crippen molar-refractivity contribution in [2.45, 2.75) is 19.3 Å². The lowest BCUT2D eigenvalue weighted by atomic mass is 9.77. The van der Waals surface area contributed by atoms with Gasteiger partial charge in [0.05, 0.1) is 11.4 Å². The summed E-state index contributed by atoms with van der Waals surface area (Å²) in [7, 11) is 0. The van der Waals surface area contributed by atoms with Crippen LogP contribution in [0.15, 0.2) is 175 Å². The first-order valence-corrected chi connectivity index (χ1v) is 15.9. The fraction of sp³-hybridized carbons (Fsp3) is 0.0682. The molecule has 46 heavy (non-hydrogen) atoms. The molecule has 2 nitrogen and oxygen atoms in total. The summed E-state index contributed by atoms with van der Waals surface area (Å²) in [5.41, 5.74) is 12.5. The van der Waals surface area contributed by atoms with Crippen molar-refractivity contribution in [3.05, 3.63) is 181 Å². The van der Waals surface area contributed by atoms with Gasteiger partial charge in [0.1, 0.15) is 0 Å². The molecule has 0 saturated carbocycles. The van der Waals surface area contributed by atoms with Crippen LogP contribution in [0, 0.1) is 0 Å². The van der Waals surface area contributed by atoms with E-state index >= 15 is 0 Å². The van der Waals surface area contributed by atoms with Gasteiger partial charge < -0.3 is 4.90 Å². The second-order valence-corrected chi connectivity index (χ2v) is 12.4. The summed E-state index contributed by atoms with van der Waals surface area (Å²) in [4.78, 5) is 7.54. The highest BCUT2D eigenvalue weighted by Gasteiger charge is 2.36. The molecule has 2 heteroatoms. The van der Waals surface area contributed by atoms with Gasteiger partial charge in [0.25, 0.3) is 0 Å². The van der Waals surface area contributed by atoms with Gasteiger partial charge in [-0.15, -0.1) is 0 Å². The van der Waals surface area contributed by atoms with Gasteiger partial charge in [-0.25, -0.2) is 0 Å². The highest BCUT2D eigenvalue weighted by Crippen LogP contribution is 2.45. The summed E-state index contributed by atoms with van der Waals surface area (Å²) in [6.07, 6.45) is 0. The van der Waals surface area contributed by atoms with Gasteiger partial charge in [-0.1, -0.05) is 135 Å². The second-order valence-electron chi connectivity index (χ2n) is 12.4. The zero-order valence-electron chi connectivity index (χ0n) is 26.1. The largest absolute Gasteiger partial charge is 0.310 e. The molecular formula is C44H34N2. The average molecular weight is 591 g/mol. The van der Waals surface area contributed by atoms with Crippen molar-refractivity contribution < 1.29 is 0 Å². The maximum absolute atomic E-state index is 5.20. The molecule has 1 aliphatic rings. The van der Waals surface area contributed by atoms with Crippen molar-refractivity contribution in [2.24, 2.45) is 4.99 Å². The third-order valence-corrected chi connectivity index (χ3v) is 9.20. The maximum Gasteiger partial charge on any atom is 0.0675 e. The predicted octanol–water partition coefficient (Wildman–Crippen LogP) is 12.1. The van der Waals surface area contributed by atoms with Gasteiger partial charge in [0.2, 0.25) is 0 Å². The van der Waals surface area contributed by atoms with E-state index in [9.17, 15) is 0 Å². The Morgan fingerprint density at radius 1 is 0.435 bits per heavy atom. The van der Waals surface area contributed by atoms with Crippen molar-refractivity contribution in [1.29, 1.82) is 0 Å². The molecule has 7 aromatic carbocycles. The first-order chi connectivity index (χ1) is 22.6. The second kappa shape index (κ2) is 11.3. The Bertz CT molecular complexity index is 2180. The molecule has 1 heterocycles. The van der Waals surface area contributed by atoms with Crippen molar-refractivity contribution >= 4 is 39.2 Å². The summed E-state index contributed by atoms with van der Waals surface area (Å²) in [6, 6.07) is 60.8. The molecule has 220 valence electrons. The minimum Gasteiger partial charge on any atom is -0.310 e. The van der Waals surface area contributed by atoms with Crippen LogP contribution in [0.4, 0.5) is 22.7 Å². The molecule has 0 unspecified atom stereocenters. The summed E-state index contributed by atoms with van der Waals surface area (Å²) < 4.78 is 0. The van der Waals surface area contributed by atoms with Gasteiger partial charge in [-0.05, 0) is 87.1 Å². The molecule has 0 amide bonds. The molecule has 0 bridgehead atoms. The van der Waals surface area contributed by atoms with Gasteiger partial charge >= 0.3 is 0 Å². The van der Waals surface area contributed by atoms with Gasteiger partial charge in [-0.3, -0.25) is 4.99 Å². The number of rotatable bonds is 6. The Balaban J connectivity index is 1.35. The summed E-state index contributed by atoms with van der Waals surface area (Å²) >= 11 is 0. The molecule has 0 aliphatic carbocycles. The summed E-state index contributed by atoms with van der Waals surface area (Å²) in [5.74, 6) is 0. The Labute approximate surface area is 271 Å². The lowest BCUT2D eigenvalue weighted by Gasteiger charge is -2.27. The third kappa shape index (κ3) is 4.80. The van der Waals surface area contributed by atoms with E-state index in [4.69, 9.17) is 4.99 Å². The quantitative estimate of drug-likeness (QED) is 0.188. The van der Waals surface area contributed by atoms with Crippen LogP contribution in [0.1, 0.15) is 25.0 Å². The van der Waals surface area contributed by atoms with Crippen LogP contribution in [-0.4, -0.2) is 5.71 Å². The van der Waals surface area contributed by atoms with E-state index in [1.807, 2.05) is 0 Å². The fourth-order valence-electron chi connectivity index (χ4n) is 6.94. The summed E-state index contributed by atoms with van der Waals surface area (Å²) in [6.45, 7) is 4.58. The van der Waals surface area contributed by atoms with Gasteiger partial charge in [-0.2, -0.15) is 0 Å². The Morgan fingerprint density at radius 3 is 1.61 bits per heavy atom. The minimum absolute atomic E-state index is 0.187. The highest BCUT2D eigenvalue weighted by atomic mass is 15.1. The number of nitrogens with zero attached hydrogens (tertiary/aromatic N) is 2. The lowest BCUT2D eigenvalue weighted by Crippen LogP contribution is -2.26. The van der Waals surface area contributed by atoms with Crippen LogP contribution in [0.25, 0.3) is 33.0 Å². The molecule has 0 radical (unpaired) electrons. The molecule has 1 aliphatic heterocycles. The summed E-state index contributed by atoms with van der Waals surface area (Å²) in [5, 5.41) is 2.44. The van der Waals surface area contributed by atoms with Crippen molar-refractivity contribution in [3.8, 4) is 22.3 Å². The first kappa shape index (κ1) is 27.8.